The minimum atomic E-state index is -1.56. The van der Waals surface area contributed by atoms with Crippen LogP contribution in [0.15, 0.2) is 12.2 Å². The van der Waals surface area contributed by atoms with Crippen LogP contribution in [0.3, 0.4) is 0 Å². The van der Waals surface area contributed by atoms with E-state index in [4.69, 9.17) is 9.47 Å². The van der Waals surface area contributed by atoms with Crippen molar-refractivity contribution in [3.05, 3.63) is 12.2 Å². The third-order valence-electron chi connectivity index (χ3n) is 11.9. The fraction of sp³-hybridized carbons (Fsp3) is 0.936. The summed E-state index contributed by atoms with van der Waals surface area (Å²) in [6, 6.07) is -0.799. The number of unbranched alkanes of at least 4 members (excludes halogenated alkanes) is 26. The van der Waals surface area contributed by atoms with Crippen molar-refractivity contribution in [2.45, 2.75) is 263 Å². The summed E-state index contributed by atoms with van der Waals surface area (Å²) in [5.41, 5.74) is 0. The Labute approximate surface area is 344 Å². The SMILES string of the molecule is CCCCCCCCCCCCCCCCCCCCCCC(=O)N[C@@H](CO[C@@H]1O[C@H](CO)[C@@H](O)[C@H](O)[C@H]1O)[C@H](O)/C=C/CCCCCCCCCC(C)CC. The molecule has 9 heteroatoms. The molecular formula is C47H91NO8. The minimum absolute atomic E-state index is 0.175. The standard InChI is InChI=1S/C47H91NO8/c1-4-6-7-8-9-10-11-12-13-14-15-16-17-18-19-20-24-27-30-33-36-43(51)48-40(38-55-47-46(54)45(53)44(52)42(37-49)56-47)41(50)35-32-29-26-23-21-22-25-28-31-34-39(3)5-2/h32,35,39-42,44-47,49-50,52-54H,4-31,33-34,36-38H2,1-3H3,(H,48,51)/b35-32+/t39?,40-,41+,42+,44+,45-,46+,47+/m0/s1. The Hall–Kier alpha value is -1.07. The molecule has 1 rings (SSSR count). The number of rotatable bonds is 39. The molecule has 0 aromatic carbocycles. The van der Waals surface area contributed by atoms with Crippen molar-refractivity contribution in [3.8, 4) is 0 Å². The molecule has 9 nitrogen and oxygen atoms in total. The predicted molar refractivity (Wildman–Crippen MR) is 230 cm³/mol. The summed E-state index contributed by atoms with van der Waals surface area (Å²) < 4.78 is 11.2. The smallest absolute Gasteiger partial charge is 0.220 e. The summed E-state index contributed by atoms with van der Waals surface area (Å²) in [5.74, 6) is 0.656. The molecule has 1 heterocycles. The molecule has 1 aliphatic heterocycles. The highest BCUT2D eigenvalue weighted by Crippen LogP contribution is 2.23. The van der Waals surface area contributed by atoms with E-state index in [9.17, 15) is 30.3 Å². The summed E-state index contributed by atoms with van der Waals surface area (Å²) in [6.45, 7) is 6.12. The molecule has 6 N–H and O–H groups in total. The topological polar surface area (TPSA) is 149 Å². The van der Waals surface area contributed by atoms with Crippen molar-refractivity contribution in [1.82, 2.24) is 5.32 Å². The fourth-order valence-corrected chi connectivity index (χ4v) is 7.66. The van der Waals surface area contributed by atoms with Crippen molar-refractivity contribution in [2.24, 2.45) is 5.92 Å². The van der Waals surface area contributed by atoms with Crippen LogP contribution in [0, 0.1) is 5.92 Å². The van der Waals surface area contributed by atoms with Crippen molar-refractivity contribution >= 4 is 5.91 Å². The van der Waals surface area contributed by atoms with Gasteiger partial charge in [-0.25, -0.2) is 0 Å². The minimum Gasteiger partial charge on any atom is -0.394 e. The summed E-state index contributed by atoms with van der Waals surface area (Å²) in [5, 5.41) is 54.2. The van der Waals surface area contributed by atoms with Crippen LogP contribution in [-0.2, 0) is 14.3 Å². The van der Waals surface area contributed by atoms with E-state index in [1.165, 1.54) is 154 Å². The zero-order chi connectivity index (χ0) is 41.1. The van der Waals surface area contributed by atoms with Crippen molar-refractivity contribution in [1.29, 1.82) is 0 Å². The summed E-state index contributed by atoms with van der Waals surface area (Å²) in [7, 11) is 0. The number of carbonyl (C=O) groups is 1. The van der Waals surface area contributed by atoms with Crippen LogP contribution in [0.2, 0.25) is 0 Å². The van der Waals surface area contributed by atoms with Crippen LogP contribution in [0.4, 0.5) is 0 Å². The van der Waals surface area contributed by atoms with Crippen LogP contribution < -0.4 is 5.32 Å². The van der Waals surface area contributed by atoms with E-state index in [-0.39, 0.29) is 12.5 Å². The molecule has 332 valence electrons. The lowest BCUT2D eigenvalue weighted by molar-refractivity contribution is -0.302. The van der Waals surface area contributed by atoms with E-state index >= 15 is 0 Å². The average Bonchev–Trinajstić information content (AvgIpc) is 3.20. The number of amides is 1. The maximum atomic E-state index is 13.0. The number of carbonyl (C=O) groups excluding carboxylic acids is 1. The van der Waals surface area contributed by atoms with Gasteiger partial charge in [-0.2, -0.15) is 0 Å². The lowest BCUT2D eigenvalue weighted by atomic mass is 9.99. The van der Waals surface area contributed by atoms with Gasteiger partial charge in [-0.1, -0.05) is 206 Å². The zero-order valence-corrected chi connectivity index (χ0v) is 36.6. The largest absolute Gasteiger partial charge is 0.394 e. The first-order chi connectivity index (χ1) is 27.2. The molecule has 0 spiro atoms. The average molecular weight is 798 g/mol. The van der Waals surface area contributed by atoms with Gasteiger partial charge in [0.15, 0.2) is 6.29 Å². The van der Waals surface area contributed by atoms with Gasteiger partial charge in [0.1, 0.15) is 24.4 Å². The molecule has 1 fully saturated rings. The van der Waals surface area contributed by atoms with Crippen molar-refractivity contribution < 1.29 is 39.8 Å². The molecule has 1 aliphatic rings. The third-order valence-corrected chi connectivity index (χ3v) is 11.9. The van der Waals surface area contributed by atoms with E-state index in [2.05, 4.69) is 26.1 Å². The number of allylic oxidation sites excluding steroid dienone is 1. The second kappa shape index (κ2) is 37.0. The summed E-state index contributed by atoms with van der Waals surface area (Å²) in [4.78, 5) is 13.0. The van der Waals surface area contributed by atoms with Crippen LogP contribution in [-0.4, -0.2) is 87.5 Å². The van der Waals surface area contributed by atoms with Gasteiger partial charge in [-0.15, -0.1) is 0 Å². The van der Waals surface area contributed by atoms with E-state index < -0.39 is 49.5 Å². The molecule has 0 saturated carbocycles. The number of hydrogen-bond donors (Lipinski definition) is 6. The van der Waals surface area contributed by atoms with Gasteiger partial charge in [0.2, 0.25) is 5.91 Å². The van der Waals surface area contributed by atoms with Gasteiger partial charge in [0.05, 0.1) is 25.4 Å². The maximum Gasteiger partial charge on any atom is 0.220 e. The quantitative estimate of drug-likeness (QED) is 0.0266. The molecule has 1 amide bonds. The molecule has 0 radical (unpaired) electrons. The first kappa shape index (κ1) is 52.9. The lowest BCUT2D eigenvalue weighted by Crippen LogP contribution is -2.60. The Morgan fingerprint density at radius 2 is 1.12 bits per heavy atom. The van der Waals surface area contributed by atoms with Gasteiger partial charge in [-0.3, -0.25) is 4.79 Å². The van der Waals surface area contributed by atoms with Crippen LogP contribution in [0.1, 0.15) is 220 Å². The highest BCUT2D eigenvalue weighted by molar-refractivity contribution is 5.76. The zero-order valence-electron chi connectivity index (χ0n) is 36.6. The molecule has 0 bridgehead atoms. The Morgan fingerprint density at radius 3 is 1.61 bits per heavy atom. The molecule has 1 unspecified atom stereocenters. The van der Waals surface area contributed by atoms with E-state index in [0.29, 0.717) is 6.42 Å². The number of nitrogens with one attached hydrogen (secondary N) is 1. The normalized spacial score (nSPS) is 21.8. The van der Waals surface area contributed by atoms with Gasteiger partial charge in [0.25, 0.3) is 0 Å². The van der Waals surface area contributed by atoms with E-state index in [1.807, 2.05) is 6.08 Å². The molecule has 1 saturated heterocycles. The Morgan fingerprint density at radius 1 is 0.661 bits per heavy atom. The molecule has 0 aromatic heterocycles. The monoisotopic (exact) mass is 798 g/mol. The number of aliphatic hydroxyl groups is 5. The summed E-state index contributed by atoms with van der Waals surface area (Å²) >= 11 is 0. The highest BCUT2D eigenvalue weighted by Gasteiger charge is 2.44. The molecule has 0 aliphatic carbocycles. The van der Waals surface area contributed by atoms with Gasteiger partial charge >= 0.3 is 0 Å². The second-order valence-electron chi connectivity index (χ2n) is 17.2. The Balaban J connectivity index is 2.30. The van der Waals surface area contributed by atoms with Crippen molar-refractivity contribution in [3.63, 3.8) is 0 Å². The Kier molecular flexibility index (Phi) is 35.0. The first-order valence-corrected chi connectivity index (χ1v) is 23.8. The number of ether oxygens (including phenoxy) is 2. The Bertz CT molecular complexity index is 903. The fourth-order valence-electron chi connectivity index (χ4n) is 7.66. The molecular weight excluding hydrogens is 707 g/mol. The van der Waals surface area contributed by atoms with Crippen molar-refractivity contribution in [2.75, 3.05) is 13.2 Å². The van der Waals surface area contributed by atoms with Gasteiger partial charge < -0.3 is 40.3 Å². The van der Waals surface area contributed by atoms with Crippen LogP contribution in [0.5, 0.6) is 0 Å². The maximum absolute atomic E-state index is 13.0. The van der Waals surface area contributed by atoms with Crippen LogP contribution in [0.25, 0.3) is 0 Å². The molecule has 8 atom stereocenters. The number of hydrogen-bond acceptors (Lipinski definition) is 8. The van der Waals surface area contributed by atoms with E-state index in [1.54, 1.807) is 6.08 Å². The molecule has 56 heavy (non-hydrogen) atoms. The first-order valence-electron chi connectivity index (χ1n) is 23.8. The third kappa shape index (κ3) is 27.6. The number of aliphatic hydroxyl groups excluding tert-OH is 5. The van der Waals surface area contributed by atoms with Crippen LogP contribution >= 0.6 is 0 Å². The highest BCUT2D eigenvalue weighted by atomic mass is 16.7. The predicted octanol–water partition coefficient (Wildman–Crippen LogP) is 9.97. The second-order valence-corrected chi connectivity index (χ2v) is 17.2. The molecule has 0 aromatic rings. The lowest BCUT2D eigenvalue weighted by Gasteiger charge is -2.40. The van der Waals surface area contributed by atoms with Gasteiger partial charge in [0, 0.05) is 6.42 Å². The van der Waals surface area contributed by atoms with Gasteiger partial charge in [-0.05, 0) is 25.2 Å². The summed E-state index contributed by atoms with van der Waals surface area (Å²) in [6.07, 6.45) is 34.0. The van der Waals surface area contributed by atoms with E-state index in [0.717, 1.165) is 44.4 Å².